The van der Waals surface area contributed by atoms with E-state index in [9.17, 15) is 4.79 Å². The topological polar surface area (TPSA) is 59.4 Å². The first-order valence-electron chi connectivity index (χ1n) is 10.8. The van der Waals surface area contributed by atoms with Gasteiger partial charge in [0.1, 0.15) is 0 Å². The molecule has 1 atom stereocenters. The summed E-state index contributed by atoms with van der Waals surface area (Å²) in [6.07, 6.45) is 2.42. The Hall–Kier alpha value is -1.99. The fourth-order valence-electron chi connectivity index (χ4n) is 4.45. The number of nitrogens with zero attached hydrogens (tertiary/aromatic N) is 3. The van der Waals surface area contributed by atoms with Crippen LogP contribution in [0, 0.1) is 5.92 Å². The van der Waals surface area contributed by atoms with E-state index in [2.05, 4.69) is 14.8 Å². The molecular weight excluding hydrogens is 471 g/mol. The van der Waals surface area contributed by atoms with E-state index in [0.29, 0.717) is 21.7 Å². The Kier molecular flexibility index (Phi) is 6.21. The van der Waals surface area contributed by atoms with Crippen molar-refractivity contribution >= 4 is 57.7 Å². The minimum absolute atomic E-state index is 0.000244. The SMILES string of the molecule is O=C(NC1CCOC1)C1CCN(c2nc3cc(Cl)c(Cl)cc3n2-c2cccc(Cl)c2)CC1. The fraction of sp³-hybridized carbons (Fsp3) is 0.391. The van der Waals surface area contributed by atoms with Crippen LogP contribution in [0.15, 0.2) is 36.4 Å². The van der Waals surface area contributed by atoms with Crippen molar-refractivity contribution in [2.45, 2.75) is 25.3 Å². The van der Waals surface area contributed by atoms with Gasteiger partial charge in [-0.3, -0.25) is 9.36 Å². The molecule has 0 saturated carbocycles. The van der Waals surface area contributed by atoms with Crippen molar-refractivity contribution in [3.8, 4) is 5.69 Å². The Bertz CT molecular complexity index is 1150. The van der Waals surface area contributed by atoms with E-state index in [1.807, 2.05) is 30.3 Å². The van der Waals surface area contributed by atoms with Gasteiger partial charge in [-0.2, -0.15) is 0 Å². The van der Waals surface area contributed by atoms with Crippen molar-refractivity contribution in [1.82, 2.24) is 14.9 Å². The summed E-state index contributed by atoms with van der Waals surface area (Å²) in [5.74, 6) is 0.922. The number of benzene rings is 2. The van der Waals surface area contributed by atoms with Crippen LogP contribution in [0.5, 0.6) is 0 Å². The number of aromatic nitrogens is 2. The van der Waals surface area contributed by atoms with Crippen LogP contribution in [0.1, 0.15) is 19.3 Å². The number of rotatable bonds is 4. The summed E-state index contributed by atoms with van der Waals surface area (Å²) in [5, 5.41) is 4.71. The summed E-state index contributed by atoms with van der Waals surface area (Å²) in [6, 6.07) is 11.4. The summed E-state index contributed by atoms with van der Waals surface area (Å²) in [7, 11) is 0. The second kappa shape index (κ2) is 9.10. The molecule has 6 nitrogen and oxygen atoms in total. The van der Waals surface area contributed by atoms with Crippen LogP contribution in [0.2, 0.25) is 15.1 Å². The van der Waals surface area contributed by atoms with Crippen LogP contribution >= 0.6 is 34.8 Å². The van der Waals surface area contributed by atoms with Gasteiger partial charge in [0.25, 0.3) is 0 Å². The van der Waals surface area contributed by atoms with Gasteiger partial charge in [-0.15, -0.1) is 0 Å². The Morgan fingerprint density at radius 1 is 1.06 bits per heavy atom. The lowest BCUT2D eigenvalue weighted by Gasteiger charge is -2.32. The monoisotopic (exact) mass is 492 g/mol. The Balaban J connectivity index is 1.43. The van der Waals surface area contributed by atoms with Gasteiger partial charge in [-0.1, -0.05) is 40.9 Å². The third-order valence-corrected chi connectivity index (χ3v) is 7.13. The Morgan fingerprint density at radius 3 is 2.56 bits per heavy atom. The molecule has 2 aliphatic rings. The van der Waals surface area contributed by atoms with Gasteiger partial charge in [0.05, 0.1) is 39.4 Å². The molecule has 32 heavy (non-hydrogen) atoms. The summed E-state index contributed by atoms with van der Waals surface area (Å²) in [5.41, 5.74) is 2.52. The second-order valence-corrected chi connectivity index (χ2v) is 9.56. The molecule has 1 amide bonds. The summed E-state index contributed by atoms with van der Waals surface area (Å²) in [6.45, 7) is 2.78. The molecule has 3 aromatic rings. The lowest BCUT2D eigenvalue weighted by atomic mass is 9.95. The maximum atomic E-state index is 12.7. The van der Waals surface area contributed by atoms with E-state index in [1.54, 1.807) is 6.07 Å². The van der Waals surface area contributed by atoms with Crippen LogP contribution in [0.25, 0.3) is 16.7 Å². The van der Waals surface area contributed by atoms with Crippen molar-refractivity contribution in [3.05, 3.63) is 51.5 Å². The van der Waals surface area contributed by atoms with Crippen molar-refractivity contribution in [1.29, 1.82) is 0 Å². The maximum absolute atomic E-state index is 12.7. The molecule has 0 bridgehead atoms. The number of carbonyl (C=O) groups excluding carboxylic acids is 1. The third kappa shape index (κ3) is 4.29. The van der Waals surface area contributed by atoms with E-state index >= 15 is 0 Å². The number of fused-ring (bicyclic) bond motifs is 1. The molecule has 5 rings (SSSR count). The lowest BCUT2D eigenvalue weighted by Crippen LogP contribution is -2.44. The Morgan fingerprint density at radius 2 is 1.84 bits per heavy atom. The van der Waals surface area contributed by atoms with Gasteiger partial charge in [0.2, 0.25) is 11.9 Å². The molecule has 0 spiro atoms. The molecule has 2 saturated heterocycles. The molecule has 0 radical (unpaired) electrons. The largest absolute Gasteiger partial charge is 0.379 e. The highest BCUT2D eigenvalue weighted by atomic mass is 35.5. The van der Waals surface area contributed by atoms with E-state index < -0.39 is 0 Å². The van der Waals surface area contributed by atoms with E-state index in [1.165, 1.54) is 0 Å². The average molecular weight is 494 g/mol. The maximum Gasteiger partial charge on any atom is 0.223 e. The van der Waals surface area contributed by atoms with E-state index in [-0.39, 0.29) is 17.9 Å². The number of hydrogen-bond acceptors (Lipinski definition) is 4. The molecule has 1 unspecified atom stereocenters. The molecule has 9 heteroatoms. The van der Waals surface area contributed by atoms with Gasteiger partial charge < -0.3 is 15.0 Å². The minimum atomic E-state index is -0.000244. The standard InChI is InChI=1S/C23H23Cl3N4O2/c24-15-2-1-3-17(10-15)30-21-12-19(26)18(25)11-20(21)28-23(30)29-7-4-14(5-8-29)22(31)27-16-6-9-32-13-16/h1-3,10-12,14,16H,4-9,13H2,(H,27,31). The summed E-state index contributed by atoms with van der Waals surface area (Å²) < 4.78 is 7.42. The van der Waals surface area contributed by atoms with E-state index in [0.717, 1.165) is 61.6 Å². The van der Waals surface area contributed by atoms with Crippen LogP contribution < -0.4 is 10.2 Å². The molecule has 0 aliphatic carbocycles. The highest BCUT2D eigenvalue weighted by Gasteiger charge is 2.30. The highest BCUT2D eigenvalue weighted by molar-refractivity contribution is 6.42. The minimum Gasteiger partial charge on any atom is -0.379 e. The van der Waals surface area contributed by atoms with Gasteiger partial charge in [-0.25, -0.2) is 4.98 Å². The fourth-order valence-corrected chi connectivity index (χ4v) is 4.95. The second-order valence-electron chi connectivity index (χ2n) is 8.31. The number of nitrogens with one attached hydrogen (secondary N) is 1. The van der Waals surface area contributed by atoms with Crippen molar-refractivity contribution in [2.75, 3.05) is 31.2 Å². The number of hydrogen-bond donors (Lipinski definition) is 1. The predicted molar refractivity (Wildman–Crippen MR) is 128 cm³/mol. The normalized spacial score (nSPS) is 19.6. The van der Waals surface area contributed by atoms with Gasteiger partial charge in [0, 0.05) is 30.6 Å². The number of piperidine rings is 1. The van der Waals surface area contributed by atoms with Crippen LogP contribution in [-0.4, -0.2) is 47.8 Å². The number of carbonyl (C=O) groups is 1. The number of anilines is 1. The van der Waals surface area contributed by atoms with Crippen molar-refractivity contribution in [2.24, 2.45) is 5.92 Å². The molecule has 2 aromatic carbocycles. The molecule has 1 N–H and O–H groups in total. The molecule has 1 aromatic heterocycles. The van der Waals surface area contributed by atoms with Gasteiger partial charge in [0.15, 0.2) is 0 Å². The average Bonchev–Trinajstić information content (AvgIpc) is 3.42. The van der Waals surface area contributed by atoms with Crippen LogP contribution in [-0.2, 0) is 9.53 Å². The van der Waals surface area contributed by atoms with Gasteiger partial charge in [-0.05, 0) is 49.6 Å². The smallest absolute Gasteiger partial charge is 0.223 e. The van der Waals surface area contributed by atoms with Gasteiger partial charge >= 0.3 is 0 Å². The first-order chi connectivity index (χ1) is 15.5. The molecule has 2 fully saturated rings. The number of halogens is 3. The summed E-state index contributed by atoms with van der Waals surface area (Å²) >= 11 is 18.9. The number of amides is 1. The zero-order chi connectivity index (χ0) is 22.2. The first kappa shape index (κ1) is 21.8. The van der Waals surface area contributed by atoms with Crippen molar-refractivity contribution < 1.29 is 9.53 Å². The predicted octanol–water partition coefficient (Wildman–Crippen LogP) is 5.11. The number of ether oxygens (including phenoxy) is 1. The zero-order valence-electron chi connectivity index (χ0n) is 17.4. The number of imidazole rings is 1. The highest BCUT2D eigenvalue weighted by Crippen LogP contribution is 2.35. The zero-order valence-corrected chi connectivity index (χ0v) is 19.6. The molecular formula is C23H23Cl3N4O2. The Labute approximate surface area is 201 Å². The van der Waals surface area contributed by atoms with E-state index in [4.69, 9.17) is 44.5 Å². The molecule has 168 valence electrons. The molecule has 2 aliphatic heterocycles. The van der Waals surface area contributed by atoms with Crippen LogP contribution in [0.3, 0.4) is 0 Å². The van der Waals surface area contributed by atoms with Crippen LogP contribution in [0.4, 0.5) is 5.95 Å². The lowest BCUT2D eigenvalue weighted by molar-refractivity contribution is -0.126. The first-order valence-corrected chi connectivity index (χ1v) is 11.9. The summed E-state index contributed by atoms with van der Waals surface area (Å²) in [4.78, 5) is 19.8. The molecule has 3 heterocycles. The van der Waals surface area contributed by atoms with Crippen molar-refractivity contribution in [3.63, 3.8) is 0 Å². The quantitative estimate of drug-likeness (QED) is 0.549. The third-order valence-electron chi connectivity index (χ3n) is 6.17.